The van der Waals surface area contributed by atoms with Gasteiger partial charge in [0.25, 0.3) is 0 Å². The normalized spacial score (nSPS) is 15.6. The quantitative estimate of drug-likeness (QED) is 0.915. The third-order valence-corrected chi connectivity index (χ3v) is 4.64. The molecular formula is C18H23FN4O. The lowest BCUT2D eigenvalue weighted by Gasteiger charge is -2.35. The zero-order chi connectivity index (χ0) is 17.1. The molecule has 1 aliphatic rings. The number of hydrogen-bond acceptors (Lipinski definition) is 2. The van der Waals surface area contributed by atoms with Gasteiger partial charge >= 0.3 is 6.03 Å². The number of nitrogens with zero attached hydrogens (tertiary/aromatic N) is 3. The van der Waals surface area contributed by atoms with Gasteiger partial charge in [0.05, 0.1) is 18.3 Å². The van der Waals surface area contributed by atoms with E-state index in [4.69, 9.17) is 0 Å². The molecule has 1 aromatic heterocycles. The van der Waals surface area contributed by atoms with E-state index in [1.54, 1.807) is 28.8 Å². The number of benzene rings is 1. The van der Waals surface area contributed by atoms with Crippen molar-refractivity contribution < 1.29 is 9.18 Å². The van der Waals surface area contributed by atoms with Crippen molar-refractivity contribution in [3.05, 3.63) is 53.6 Å². The second-order valence-electron chi connectivity index (χ2n) is 6.51. The van der Waals surface area contributed by atoms with Crippen molar-refractivity contribution in [1.29, 1.82) is 0 Å². The summed E-state index contributed by atoms with van der Waals surface area (Å²) in [6.45, 7) is 0.452. The summed E-state index contributed by atoms with van der Waals surface area (Å²) >= 11 is 0. The molecule has 1 atom stereocenters. The van der Waals surface area contributed by atoms with E-state index in [1.165, 1.54) is 18.6 Å². The molecule has 1 aromatic carbocycles. The number of amides is 2. The summed E-state index contributed by atoms with van der Waals surface area (Å²) in [6, 6.07) is 8.11. The van der Waals surface area contributed by atoms with E-state index in [9.17, 15) is 9.18 Å². The number of urea groups is 1. The number of nitrogens with one attached hydrogen (secondary N) is 1. The highest BCUT2D eigenvalue weighted by atomic mass is 19.1. The standard InChI is InChI=1S/C18H23FN4O/c1-22(12-16-10-11-23(2)21-16)18(24)20-17(13-4-3-5-13)14-6-8-15(19)9-7-14/h6-11,13,17H,3-5,12H2,1-2H3,(H,20,24). The molecule has 1 saturated carbocycles. The SMILES string of the molecule is CN(Cc1ccn(C)n1)C(=O)NC(c1ccc(F)cc1)C1CCC1. The second kappa shape index (κ2) is 7.03. The molecular weight excluding hydrogens is 307 g/mol. The van der Waals surface area contributed by atoms with Crippen molar-refractivity contribution in [2.45, 2.75) is 31.8 Å². The largest absolute Gasteiger partial charge is 0.331 e. The third-order valence-electron chi connectivity index (χ3n) is 4.64. The Morgan fingerprint density at radius 3 is 2.62 bits per heavy atom. The predicted molar refractivity (Wildman–Crippen MR) is 89.7 cm³/mol. The van der Waals surface area contributed by atoms with Crippen LogP contribution in [0.4, 0.5) is 9.18 Å². The first-order chi connectivity index (χ1) is 11.5. The first kappa shape index (κ1) is 16.5. The minimum atomic E-state index is -0.260. The summed E-state index contributed by atoms with van der Waals surface area (Å²) in [7, 11) is 3.61. The lowest BCUT2D eigenvalue weighted by atomic mass is 9.77. The number of carbonyl (C=O) groups excluding carboxylic acids is 1. The van der Waals surface area contributed by atoms with Gasteiger partial charge in [-0.15, -0.1) is 0 Å². The minimum absolute atomic E-state index is 0.0713. The molecule has 0 aliphatic heterocycles. The lowest BCUT2D eigenvalue weighted by molar-refractivity contribution is 0.181. The van der Waals surface area contributed by atoms with E-state index in [1.807, 2.05) is 19.3 Å². The van der Waals surface area contributed by atoms with Crippen molar-refractivity contribution >= 4 is 6.03 Å². The van der Waals surface area contributed by atoms with Crippen LogP contribution in [-0.4, -0.2) is 27.8 Å². The molecule has 3 rings (SSSR count). The molecule has 1 N–H and O–H groups in total. The second-order valence-corrected chi connectivity index (χ2v) is 6.51. The maximum absolute atomic E-state index is 13.2. The summed E-state index contributed by atoms with van der Waals surface area (Å²) in [4.78, 5) is 14.2. The molecule has 0 radical (unpaired) electrons. The molecule has 0 spiro atoms. The number of rotatable bonds is 5. The Balaban J connectivity index is 1.67. The Kier molecular flexibility index (Phi) is 4.83. The van der Waals surface area contributed by atoms with Crippen LogP contribution in [-0.2, 0) is 13.6 Å². The molecule has 0 bridgehead atoms. The number of aromatic nitrogens is 2. The van der Waals surface area contributed by atoms with Gasteiger partial charge in [0.1, 0.15) is 5.82 Å². The summed E-state index contributed by atoms with van der Waals surface area (Å²) < 4.78 is 14.9. The first-order valence-corrected chi connectivity index (χ1v) is 8.28. The van der Waals surface area contributed by atoms with Crippen LogP contribution in [0.1, 0.15) is 36.6 Å². The zero-order valence-electron chi connectivity index (χ0n) is 14.1. The van der Waals surface area contributed by atoms with E-state index in [0.29, 0.717) is 12.5 Å². The van der Waals surface area contributed by atoms with Crippen molar-refractivity contribution in [3.8, 4) is 0 Å². The van der Waals surface area contributed by atoms with Gasteiger partial charge in [-0.05, 0) is 42.5 Å². The van der Waals surface area contributed by atoms with Gasteiger partial charge in [-0.3, -0.25) is 4.68 Å². The number of halogens is 1. The zero-order valence-corrected chi connectivity index (χ0v) is 14.1. The molecule has 5 nitrogen and oxygen atoms in total. The summed E-state index contributed by atoms with van der Waals surface area (Å²) in [5.41, 5.74) is 1.80. The predicted octanol–water partition coefficient (Wildman–Crippen LogP) is 3.24. The van der Waals surface area contributed by atoms with Crippen LogP contribution in [0, 0.1) is 11.7 Å². The van der Waals surface area contributed by atoms with E-state index >= 15 is 0 Å². The van der Waals surface area contributed by atoms with Gasteiger partial charge in [-0.25, -0.2) is 9.18 Å². The van der Waals surface area contributed by atoms with Crippen LogP contribution < -0.4 is 5.32 Å². The van der Waals surface area contributed by atoms with Crippen LogP contribution in [0.15, 0.2) is 36.5 Å². The van der Waals surface area contributed by atoms with Crippen molar-refractivity contribution in [2.24, 2.45) is 13.0 Å². The molecule has 2 aromatic rings. The van der Waals surface area contributed by atoms with Crippen LogP contribution in [0.5, 0.6) is 0 Å². The smallest absolute Gasteiger partial charge is 0.317 e. The molecule has 1 aliphatic carbocycles. The molecule has 1 unspecified atom stereocenters. The maximum atomic E-state index is 13.2. The molecule has 1 heterocycles. The van der Waals surface area contributed by atoms with E-state index < -0.39 is 0 Å². The number of carbonyl (C=O) groups is 1. The fourth-order valence-corrected chi connectivity index (χ4v) is 3.02. The van der Waals surface area contributed by atoms with Gasteiger partial charge in [0, 0.05) is 20.3 Å². The van der Waals surface area contributed by atoms with Gasteiger partial charge in [0.2, 0.25) is 0 Å². The molecule has 0 saturated heterocycles. The van der Waals surface area contributed by atoms with Crippen LogP contribution in [0.2, 0.25) is 0 Å². The average Bonchev–Trinajstić information content (AvgIpc) is 2.90. The van der Waals surface area contributed by atoms with E-state index in [0.717, 1.165) is 24.1 Å². The maximum Gasteiger partial charge on any atom is 0.317 e. The topological polar surface area (TPSA) is 50.2 Å². The van der Waals surface area contributed by atoms with Gasteiger partial charge in [-0.2, -0.15) is 5.10 Å². The van der Waals surface area contributed by atoms with Crippen LogP contribution in [0.25, 0.3) is 0 Å². The molecule has 24 heavy (non-hydrogen) atoms. The monoisotopic (exact) mass is 330 g/mol. The lowest BCUT2D eigenvalue weighted by Crippen LogP contribution is -2.42. The number of hydrogen-bond donors (Lipinski definition) is 1. The van der Waals surface area contributed by atoms with Crippen molar-refractivity contribution in [2.75, 3.05) is 7.05 Å². The molecule has 6 heteroatoms. The molecule has 2 amide bonds. The molecule has 1 fully saturated rings. The van der Waals surface area contributed by atoms with Gasteiger partial charge in [0.15, 0.2) is 0 Å². The van der Waals surface area contributed by atoms with E-state index in [-0.39, 0.29) is 17.9 Å². The minimum Gasteiger partial charge on any atom is -0.331 e. The highest BCUT2D eigenvalue weighted by Gasteiger charge is 2.30. The Hall–Kier alpha value is -2.37. The highest BCUT2D eigenvalue weighted by molar-refractivity contribution is 5.74. The third kappa shape index (κ3) is 3.75. The van der Waals surface area contributed by atoms with Crippen LogP contribution >= 0.6 is 0 Å². The van der Waals surface area contributed by atoms with Crippen LogP contribution in [0.3, 0.4) is 0 Å². The number of aryl methyl sites for hydroxylation is 1. The van der Waals surface area contributed by atoms with Crippen molar-refractivity contribution in [3.63, 3.8) is 0 Å². The fraction of sp³-hybridized carbons (Fsp3) is 0.444. The fourth-order valence-electron chi connectivity index (χ4n) is 3.02. The first-order valence-electron chi connectivity index (χ1n) is 8.28. The average molecular weight is 330 g/mol. The summed E-state index contributed by atoms with van der Waals surface area (Å²) in [5, 5.41) is 7.41. The van der Waals surface area contributed by atoms with Gasteiger partial charge in [-0.1, -0.05) is 18.6 Å². The van der Waals surface area contributed by atoms with Crippen molar-refractivity contribution in [1.82, 2.24) is 20.0 Å². The Labute approximate surface area is 141 Å². The Morgan fingerprint density at radius 2 is 2.08 bits per heavy atom. The Bertz CT molecular complexity index is 693. The highest BCUT2D eigenvalue weighted by Crippen LogP contribution is 2.37. The molecule has 128 valence electrons. The summed E-state index contributed by atoms with van der Waals surface area (Å²) in [6.07, 6.45) is 5.22. The Morgan fingerprint density at radius 1 is 1.38 bits per heavy atom. The van der Waals surface area contributed by atoms with E-state index in [2.05, 4.69) is 10.4 Å². The van der Waals surface area contributed by atoms with Gasteiger partial charge < -0.3 is 10.2 Å². The summed E-state index contributed by atoms with van der Waals surface area (Å²) in [5.74, 6) is 0.160.